The predicted octanol–water partition coefficient (Wildman–Crippen LogP) is 1.73. The first kappa shape index (κ1) is 14.6. The third kappa shape index (κ3) is 7.50. The van der Waals surface area contributed by atoms with Gasteiger partial charge < -0.3 is 9.90 Å². The third-order valence-electron chi connectivity index (χ3n) is 2.02. The lowest BCUT2D eigenvalue weighted by Crippen LogP contribution is -2.37. The molecule has 4 nitrogen and oxygen atoms in total. The van der Waals surface area contributed by atoms with E-state index in [0.29, 0.717) is 0 Å². The van der Waals surface area contributed by atoms with E-state index in [1.54, 1.807) is 0 Å². The number of rotatable bonds is 8. The Balaban J connectivity index is 3.92. The van der Waals surface area contributed by atoms with E-state index >= 15 is 0 Å². The van der Waals surface area contributed by atoms with Crippen molar-refractivity contribution in [3.63, 3.8) is 0 Å². The molecule has 0 radical (unpaired) electrons. The van der Waals surface area contributed by atoms with Gasteiger partial charge in [-0.05, 0) is 12.8 Å². The van der Waals surface area contributed by atoms with Crippen LogP contribution in [0.4, 0.5) is 4.79 Å². The van der Waals surface area contributed by atoms with Gasteiger partial charge in [-0.2, -0.15) is 0 Å². The van der Waals surface area contributed by atoms with Crippen molar-refractivity contribution in [3.8, 4) is 0 Å². The van der Waals surface area contributed by atoms with Crippen molar-refractivity contribution < 1.29 is 9.90 Å². The summed E-state index contributed by atoms with van der Waals surface area (Å²) in [6, 6.07) is 0. The lowest BCUT2D eigenvalue weighted by Gasteiger charge is -2.27. The Morgan fingerprint density at radius 2 is 1.67 bits per heavy atom. The zero-order valence-corrected chi connectivity index (χ0v) is 10.7. The van der Waals surface area contributed by atoms with Crippen molar-refractivity contribution in [2.24, 2.45) is 0 Å². The van der Waals surface area contributed by atoms with Gasteiger partial charge in [0.05, 0.1) is 0 Å². The molecule has 0 aliphatic rings. The summed E-state index contributed by atoms with van der Waals surface area (Å²) in [6.45, 7) is 6.12. The van der Waals surface area contributed by atoms with Gasteiger partial charge in [0.2, 0.25) is 0 Å². The van der Waals surface area contributed by atoms with Crippen molar-refractivity contribution in [2.45, 2.75) is 39.5 Å². The van der Waals surface area contributed by atoms with Crippen LogP contribution in [0.15, 0.2) is 0 Å². The highest BCUT2D eigenvalue weighted by Gasteiger charge is 2.08. The lowest BCUT2D eigenvalue weighted by atomic mass is 10.3. The number of unbranched alkanes of at least 4 members (excludes halogenated alkanes) is 2. The second-order valence-corrected chi connectivity index (χ2v) is 4.71. The molecule has 0 aromatic rings. The minimum atomic E-state index is -1.14. The Kier molecular flexibility index (Phi) is 8.61. The Morgan fingerprint density at radius 1 is 1.20 bits per heavy atom. The van der Waals surface area contributed by atoms with E-state index in [2.05, 4.69) is 18.2 Å². The largest absolute Gasteiger partial charge is 0.529 e. The molecule has 5 heteroatoms. The van der Waals surface area contributed by atoms with Crippen LogP contribution in [0.5, 0.6) is 0 Å². The molecule has 15 heavy (non-hydrogen) atoms. The van der Waals surface area contributed by atoms with Crippen LogP contribution in [0.1, 0.15) is 39.5 Å². The molecule has 0 rings (SSSR count). The highest BCUT2D eigenvalue weighted by atomic mass is 32.2. The number of nitrogens with zero attached hydrogens (tertiary/aromatic N) is 2. The molecule has 0 N–H and O–H groups in total. The molecule has 0 aromatic carbocycles. The van der Waals surface area contributed by atoms with E-state index < -0.39 is 6.09 Å². The maximum Gasteiger partial charge on any atom is 0.148 e. The molecular weight excluding hydrogens is 212 g/mol. The van der Waals surface area contributed by atoms with Crippen molar-refractivity contribution in [2.75, 3.05) is 20.1 Å². The van der Waals surface area contributed by atoms with E-state index in [9.17, 15) is 9.90 Å². The van der Waals surface area contributed by atoms with Gasteiger partial charge in [-0.1, -0.05) is 26.7 Å². The van der Waals surface area contributed by atoms with Crippen molar-refractivity contribution in [1.82, 2.24) is 8.61 Å². The fourth-order valence-electron chi connectivity index (χ4n) is 1.07. The fourth-order valence-corrected chi connectivity index (χ4v) is 1.90. The number of hydrogen-bond acceptors (Lipinski definition) is 4. The van der Waals surface area contributed by atoms with E-state index in [1.165, 1.54) is 19.2 Å². The number of carbonyl (C=O) groups excluding carboxylic acids is 1. The molecule has 0 saturated heterocycles. The van der Waals surface area contributed by atoms with E-state index in [-0.39, 0.29) is 0 Å². The average molecular weight is 233 g/mol. The zero-order valence-electron chi connectivity index (χ0n) is 9.86. The molecule has 0 heterocycles. The molecule has 1 amide bonds. The van der Waals surface area contributed by atoms with Gasteiger partial charge >= 0.3 is 0 Å². The van der Waals surface area contributed by atoms with Gasteiger partial charge in [0.15, 0.2) is 0 Å². The van der Waals surface area contributed by atoms with Crippen LogP contribution in [-0.2, 0) is 0 Å². The van der Waals surface area contributed by atoms with Crippen LogP contribution in [-0.4, -0.2) is 34.8 Å². The first-order chi connectivity index (χ1) is 7.11. The Hall–Kier alpha value is -0.420. The van der Waals surface area contributed by atoms with Gasteiger partial charge in [0, 0.05) is 32.3 Å². The van der Waals surface area contributed by atoms with Gasteiger partial charge in [-0.25, -0.2) is 4.31 Å². The zero-order chi connectivity index (χ0) is 11.7. The predicted molar refractivity (Wildman–Crippen MR) is 62.1 cm³/mol. The first-order valence-corrected chi connectivity index (χ1v) is 6.22. The van der Waals surface area contributed by atoms with Gasteiger partial charge in [0.1, 0.15) is 6.09 Å². The molecule has 0 aliphatic carbocycles. The summed E-state index contributed by atoms with van der Waals surface area (Å²) in [5.74, 6) is 0. The number of hydrogen-bond donors (Lipinski definition) is 0. The molecule has 0 atom stereocenters. The molecule has 90 valence electrons. The van der Waals surface area contributed by atoms with Crippen molar-refractivity contribution in [1.29, 1.82) is 0 Å². The SMILES string of the molecule is CCCCN(CCCC)SN(C)C(=O)[O-]. The number of carboxylic acid groups (broad SMARTS) is 1. The molecule has 0 unspecified atom stereocenters. The van der Waals surface area contributed by atoms with E-state index in [1.807, 2.05) is 0 Å². The van der Waals surface area contributed by atoms with Crippen LogP contribution in [0.3, 0.4) is 0 Å². The van der Waals surface area contributed by atoms with E-state index in [0.717, 1.165) is 43.1 Å². The van der Waals surface area contributed by atoms with Crippen LogP contribution < -0.4 is 5.11 Å². The Labute approximate surface area is 96.9 Å². The second-order valence-electron chi connectivity index (χ2n) is 3.48. The highest BCUT2D eigenvalue weighted by Crippen LogP contribution is 2.15. The van der Waals surface area contributed by atoms with Gasteiger partial charge in [-0.15, -0.1) is 0 Å². The molecule has 0 aromatic heterocycles. The summed E-state index contributed by atoms with van der Waals surface area (Å²) < 4.78 is 3.23. The van der Waals surface area contributed by atoms with Crippen molar-refractivity contribution in [3.05, 3.63) is 0 Å². The lowest BCUT2D eigenvalue weighted by molar-refractivity contribution is -0.257. The minimum Gasteiger partial charge on any atom is -0.529 e. The maximum atomic E-state index is 10.5. The molecule has 0 aliphatic heterocycles. The average Bonchev–Trinajstić information content (AvgIpc) is 2.21. The van der Waals surface area contributed by atoms with Gasteiger partial charge in [0.25, 0.3) is 0 Å². The van der Waals surface area contributed by atoms with Crippen LogP contribution in [0.25, 0.3) is 0 Å². The van der Waals surface area contributed by atoms with Gasteiger partial charge in [-0.3, -0.25) is 4.31 Å². The topological polar surface area (TPSA) is 46.6 Å². The summed E-state index contributed by atoms with van der Waals surface area (Å²) in [5.41, 5.74) is 0. The summed E-state index contributed by atoms with van der Waals surface area (Å²) in [6.07, 6.45) is 3.30. The normalized spacial score (nSPS) is 10.7. The summed E-state index contributed by atoms with van der Waals surface area (Å²) in [4.78, 5) is 10.5. The molecule has 0 spiro atoms. The fraction of sp³-hybridized carbons (Fsp3) is 0.900. The van der Waals surface area contributed by atoms with E-state index in [4.69, 9.17) is 0 Å². The van der Waals surface area contributed by atoms with Crippen LogP contribution in [0, 0.1) is 0 Å². The number of carbonyl (C=O) groups is 1. The van der Waals surface area contributed by atoms with Crippen LogP contribution >= 0.6 is 12.1 Å². The quantitative estimate of drug-likeness (QED) is 0.599. The standard InChI is InChI=1S/C10H22N2O2S/c1-4-6-8-12(9-7-5-2)15-11(3)10(13)14/h4-9H2,1-3H3,(H,13,14)/p-1. The summed E-state index contributed by atoms with van der Waals surface area (Å²) in [7, 11) is 1.52. The monoisotopic (exact) mass is 233 g/mol. The second kappa shape index (κ2) is 8.85. The minimum absolute atomic E-state index is 0.929. The molecule has 0 saturated carbocycles. The summed E-state index contributed by atoms with van der Waals surface area (Å²) >= 11 is 1.24. The molecular formula is C10H21N2O2S-. The molecule has 0 fully saturated rings. The Morgan fingerprint density at radius 3 is 2.00 bits per heavy atom. The molecule has 0 bridgehead atoms. The number of amides is 1. The highest BCUT2D eigenvalue weighted by molar-refractivity contribution is 7.95. The van der Waals surface area contributed by atoms with Crippen LogP contribution in [0.2, 0.25) is 0 Å². The maximum absolute atomic E-state index is 10.5. The first-order valence-electron chi connectivity index (χ1n) is 5.49. The Bertz CT molecular complexity index is 171. The van der Waals surface area contributed by atoms with Crippen molar-refractivity contribution >= 4 is 18.2 Å². The third-order valence-corrected chi connectivity index (χ3v) is 3.01. The summed E-state index contributed by atoms with van der Waals surface area (Å²) in [5, 5.41) is 10.5. The smallest absolute Gasteiger partial charge is 0.148 e.